The van der Waals surface area contributed by atoms with E-state index in [1.165, 1.54) is 4.88 Å². The summed E-state index contributed by atoms with van der Waals surface area (Å²) in [4.78, 5) is 3.55. The molecule has 19 heavy (non-hydrogen) atoms. The Morgan fingerprint density at radius 1 is 1.37 bits per heavy atom. The van der Waals surface area contributed by atoms with E-state index in [-0.39, 0.29) is 18.8 Å². The van der Waals surface area contributed by atoms with Gasteiger partial charge < -0.3 is 14.6 Å². The molecule has 1 fully saturated rings. The van der Waals surface area contributed by atoms with Crippen LogP contribution in [-0.4, -0.2) is 56.1 Å². The number of rotatable bonds is 4. The van der Waals surface area contributed by atoms with E-state index in [1.54, 1.807) is 25.6 Å². The van der Waals surface area contributed by atoms with Crippen LogP contribution in [0.5, 0.6) is 0 Å². The molecule has 0 saturated carbocycles. The van der Waals surface area contributed by atoms with Gasteiger partial charge in [-0.05, 0) is 11.4 Å². The molecule has 1 N–H and O–H groups in total. The molecule has 1 aliphatic rings. The Hall–Kier alpha value is -0.900. The highest BCUT2D eigenvalue weighted by Gasteiger charge is 2.33. The highest BCUT2D eigenvalue weighted by atomic mass is 32.1. The van der Waals surface area contributed by atoms with Crippen molar-refractivity contribution in [2.24, 2.45) is 0 Å². The minimum Gasteiger partial charge on any atom is -0.384 e. The fourth-order valence-corrected chi connectivity index (χ4v) is 3.18. The Kier molecular flexibility index (Phi) is 5.37. The number of thiophene rings is 1. The molecule has 2 heterocycles. The van der Waals surface area contributed by atoms with Gasteiger partial charge in [0.15, 0.2) is 0 Å². The van der Waals surface area contributed by atoms with Gasteiger partial charge in [0, 0.05) is 44.3 Å². The topological polar surface area (TPSA) is 41.9 Å². The van der Waals surface area contributed by atoms with Crippen LogP contribution in [-0.2, 0) is 16.0 Å². The molecule has 0 spiro atoms. The lowest BCUT2D eigenvalue weighted by Gasteiger charge is -2.14. The molecule has 1 aromatic heterocycles. The standard InChI is InChI=1S/C14H19NO3S/c1-17-12-8-15(9-13(12)18-2)10-14-11(4-3-6-16)5-7-19-14/h5,7,12-13,16H,6,8-10H2,1-2H3. The summed E-state index contributed by atoms with van der Waals surface area (Å²) in [6.07, 6.45) is 0.272. The summed E-state index contributed by atoms with van der Waals surface area (Å²) in [7, 11) is 3.45. The molecule has 104 valence electrons. The summed E-state index contributed by atoms with van der Waals surface area (Å²) >= 11 is 1.70. The van der Waals surface area contributed by atoms with Crippen LogP contribution in [0.15, 0.2) is 11.4 Å². The van der Waals surface area contributed by atoms with E-state index in [2.05, 4.69) is 16.7 Å². The van der Waals surface area contributed by atoms with E-state index in [0.717, 1.165) is 25.2 Å². The zero-order valence-corrected chi connectivity index (χ0v) is 12.1. The van der Waals surface area contributed by atoms with Gasteiger partial charge in [-0.2, -0.15) is 0 Å². The molecular weight excluding hydrogens is 262 g/mol. The third kappa shape index (κ3) is 3.56. The normalized spacial score (nSPS) is 23.3. The minimum absolute atomic E-state index is 0.101. The van der Waals surface area contributed by atoms with Gasteiger partial charge in [-0.25, -0.2) is 0 Å². The van der Waals surface area contributed by atoms with Gasteiger partial charge in [-0.15, -0.1) is 11.3 Å². The molecule has 0 radical (unpaired) electrons. The highest BCUT2D eigenvalue weighted by molar-refractivity contribution is 7.10. The number of aliphatic hydroxyl groups is 1. The van der Waals surface area contributed by atoms with Gasteiger partial charge >= 0.3 is 0 Å². The summed E-state index contributed by atoms with van der Waals surface area (Å²) in [6.45, 7) is 2.50. The SMILES string of the molecule is COC1CN(Cc2sccc2C#CCO)CC1OC. The molecule has 0 aromatic carbocycles. The van der Waals surface area contributed by atoms with Gasteiger partial charge in [-0.1, -0.05) is 11.8 Å². The Balaban J connectivity index is 2.01. The minimum atomic E-state index is -0.101. The zero-order chi connectivity index (χ0) is 13.7. The predicted octanol–water partition coefficient (Wildman–Crippen LogP) is 0.938. The molecule has 0 aliphatic carbocycles. The Labute approximate surface area is 117 Å². The van der Waals surface area contributed by atoms with Crippen LogP contribution < -0.4 is 0 Å². The molecule has 2 atom stereocenters. The summed E-state index contributed by atoms with van der Waals surface area (Å²) in [6, 6.07) is 2.00. The second-order valence-corrected chi connectivity index (χ2v) is 5.46. The third-order valence-electron chi connectivity index (χ3n) is 3.31. The van der Waals surface area contributed by atoms with Crippen molar-refractivity contribution in [1.82, 2.24) is 4.90 Å². The second-order valence-electron chi connectivity index (χ2n) is 4.46. The van der Waals surface area contributed by atoms with E-state index in [9.17, 15) is 0 Å². The van der Waals surface area contributed by atoms with Crippen molar-refractivity contribution in [2.45, 2.75) is 18.8 Å². The first-order valence-electron chi connectivity index (χ1n) is 6.22. The maximum absolute atomic E-state index is 8.76. The molecule has 5 heteroatoms. The Bertz CT molecular complexity index is 451. The van der Waals surface area contributed by atoms with Crippen LogP contribution in [0.2, 0.25) is 0 Å². The number of likely N-dealkylation sites (tertiary alicyclic amines) is 1. The van der Waals surface area contributed by atoms with Gasteiger partial charge in [0.2, 0.25) is 0 Å². The Morgan fingerprint density at radius 2 is 2.05 bits per heavy atom. The molecule has 1 aromatic rings. The zero-order valence-electron chi connectivity index (χ0n) is 11.3. The van der Waals surface area contributed by atoms with Crippen LogP contribution in [0, 0.1) is 11.8 Å². The van der Waals surface area contributed by atoms with Crippen molar-refractivity contribution >= 4 is 11.3 Å². The van der Waals surface area contributed by atoms with Crippen molar-refractivity contribution in [3.05, 3.63) is 21.9 Å². The molecule has 0 bridgehead atoms. The first-order chi connectivity index (χ1) is 9.28. The second kappa shape index (κ2) is 7.04. The smallest absolute Gasteiger partial charge is 0.104 e. The molecule has 2 rings (SSSR count). The summed E-state index contributed by atoms with van der Waals surface area (Å²) in [5.41, 5.74) is 1.01. The van der Waals surface area contributed by atoms with Gasteiger partial charge in [0.1, 0.15) is 6.61 Å². The average Bonchev–Trinajstić information content (AvgIpc) is 3.03. The molecule has 2 unspecified atom stereocenters. The lowest BCUT2D eigenvalue weighted by molar-refractivity contribution is -0.00461. The van der Waals surface area contributed by atoms with Crippen molar-refractivity contribution in [3.63, 3.8) is 0 Å². The number of hydrogen-bond donors (Lipinski definition) is 1. The largest absolute Gasteiger partial charge is 0.384 e. The summed E-state index contributed by atoms with van der Waals surface area (Å²) < 4.78 is 10.9. The van der Waals surface area contributed by atoms with Crippen molar-refractivity contribution in [2.75, 3.05) is 33.9 Å². The van der Waals surface area contributed by atoms with E-state index >= 15 is 0 Å². The first kappa shape index (κ1) is 14.5. The maximum Gasteiger partial charge on any atom is 0.104 e. The quantitative estimate of drug-likeness (QED) is 0.834. The van der Waals surface area contributed by atoms with Crippen molar-refractivity contribution in [3.8, 4) is 11.8 Å². The predicted molar refractivity (Wildman–Crippen MR) is 75.2 cm³/mol. The number of aliphatic hydroxyl groups excluding tert-OH is 1. The van der Waals surface area contributed by atoms with E-state index in [4.69, 9.17) is 14.6 Å². The van der Waals surface area contributed by atoms with Crippen LogP contribution in [0.4, 0.5) is 0 Å². The molecule has 4 nitrogen and oxygen atoms in total. The first-order valence-corrected chi connectivity index (χ1v) is 7.10. The third-order valence-corrected chi connectivity index (χ3v) is 4.22. The van der Waals surface area contributed by atoms with Crippen molar-refractivity contribution < 1.29 is 14.6 Å². The van der Waals surface area contributed by atoms with Gasteiger partial charge in [0.25, 0.3) is 0 Å². The molecule has 1 saturated heterocycles. The Morgan fingerprint density at radius 3 is 2.63 bits per heavy atom. The van der Waals surface area contributed by atoms with Crippen LogP contribution in [0.3, 0.4) is 0 Å². The number of methoxy groups -OCH3 is 2. The molecule has 1 aliphatic heterocycles. The maximum atomic E-state index is 8.76. The van der Waals surface area contributed by atoms with Crippen LogP contribution >= 0.6 is 11.3 Å². The van der Waals surface area contributed by atoms with E-state index < -0.39 is 0 Å². The lowest BCUT2D eigenvalue weighted by atomic mass is 10.2. The monoisotopic (exact) mass is 281 g/mol. The van der Waals surface area contributed by atoms with Gasteiger partial charge in [0.05, 0.1) is 12.2 Å². The fraction of sp³-hybridized carbons (Fsp3) is 0.571. The summed E-state index contributed by atoms with van der Waals surface area (Å²) in [5, 5.41) is 10.8. The number of hydrogen-bond acceptors (Lipinski definition) is 5. The van der Waals surface area contributed by atoms with E-state index in [0.29, 0.717) is 0 Å². The number of ether oxygens (including phenoxy) is 2. The molecular formula is C14H19NO3S. The summed E-state index contributed by atoms with van der Waals surface area (Å²) in [5.74, 6) is 5.69. The fourth-order valence-electron chi connectivity index (χ4n) is 2.31. The van der Waals surface area contributed by atoms with Crippen molar-refractivity contribution in [1.29, 1.82) is 0 Å². The lowest BCUT2D eigenvalue weighted by Crippen LogP contribution is -2.27. The number of nitrogens with zero attached hydrogens (tertiary/aromatic N) is 1. The van der Waals surface area contributed by atoms with Crippen LogP contribution in [0.25, 0.3) is 0 Å². The highest BCUT2D eigenvalue weighted by Crippen LogP contribution is 2.22. The molecule has 0 amide bonds. The van der Waals surface area contributed by atoms with Crippen LogP contribution in [0.1, 0.15) is 10.4 Å². The average molecular weight is 281 g/mol. The van der Waals surface area contributed by atoms with E-state index in [1.807, 2.05) is 11.4 Å². The van der Waals surface area contributed by atoms with Gasteiger partial charge in [-0.3, -0.25) is 4.90 Å².